The smallest absolute Gasteiger partial charge is 0.246 e. The lowest BCUT2D eigenvalue weighted by Crippen LogP contribution is -2.29. The van der Waals surface area contributed by atoms with E-state index >= 15 is 0 Å². The number of benzene rings is 1. The Morgan fingerprint density at radius 2 is 2.05 bits per heavy atom. The lowest BCUT2D eigenvalue weighted by Gasteiger charge is -2.17. The monoisotopic (exact) mass is 303 g/mol. The van der Waals surface area contributed by atoms with Gasteiger partial charge in [-0.1, -0.05) is 11.3 Å². The summed E-state index contributed by atoms with van der Waals surface area (Å²) in [6.45, 7) is 4.17. The molecule has 1 aliphatic rings. The van der Waals surface area contributed by atoms with Crippen LogP contribution in [0.5, 0.6) is 11.5 Å². The highest BCUT2D eigenvalue weighted by Crippen LogP contribution is 2.38. The average molecular weight is 303 g/mol. The molecule has 0 bridgehead atoms. The molecule has 0 fully saturated rings. The maximum absolute atomic E-state index is 12.0. The van der Waals surface area contributed by atoms with Gasteiger partial charge in [-0.25, -0.2) is 4.98 Å². The minimum Gasteiger partial charge on any atom is -0.486 e. The van der Waals surface area contributed by atoms with Gasteiger partial charge in [0.2, 0.25) is 5.91 Å². The van der Waals surface area contributed by atoms with E-state index in [1.54, 1.807) is 19.9 Å². The number of hydrogen-bond acceptors (Lipinski definition) is 6. The van der Waals surface area contributed by atoms with Gasteiger partial charge in [0.25, 0.3) is 0 Å². The van der Waals surface area contributed by atoms with Gasteiger partial charge in [-0.15, -0.1) is 0 Å². The van der Waals surface area contributed by atoms with Crippen molar-refractivity contribution in [3.05, 3.63) is 12.1 Å². The van der Waals surface area contributed by atoms with Crippen molar-refractivity contribution in [3.8, 4) is 17.6 Å². The largest absolute Gasteiger partial charge is 0.486 e. The van der Waals surface area contributed by atoms with E-state index in [4.69, 9.17) is 14.7 Å². The van der Waals surface area contributed by atoms with Gasteiger partial charge in [-0.2, -0.15) is 5.26 Å². The highest BCUT2D eigenvalue weighted by molar-refractivity contribution is 7.22. The van der Waals surface area contributed by atoms with Gasteiger partial charge in [-0.3, -0.25) is 4.79 Å². The number of anilines is 1. The highest BCUT2D eigenvalue weighted by atomic mass is 32.1. The molecular weight excluding hydrogens is 290 g/mol. The summed E-state index contributed by atoms with van der Waals surface area (Å²) in [7, 11) is 0. The fourth-order valence-electron chi connectivity index (χ4n) is 1.82. The number of ether oxygens (including phenoxy) is 2. The van der Waals surface area contributed by atoms with Gasteiger partial charge in [-0.05, 0) is 13.8 Å². The third-order valence-electron chi connectivity index (χ3n) is 3.12. The second-order valence-corrected chi connectivity index (χ2v) is 6.20. The predicted octanol–water partition coefficient (Wildman–Crippen LogP) is 2.56. The van der Waals surface area contributed by atoms with Gasteiger partial charge in [0.15, 0.2) is 16.6 Å². The SMILES string of the molecule is CC(C)(C#N)C(=O)Nc1nc2cc3c(cc2s1)OCCO3. The fourth-order valence-corrected chi connectivity index (χ4v) is 2.69. The first kappa shape index (κ1) is 13.6. The zero-order valence-corrected chi connectivity index (χ0v) is 12.4. The minimum atomic E-state index is -1.09. The lowest BCUT2D eigenvalue weighted by atomic mass is 9.95. The Morgan fingerprint density at radius 3 is 2.71 bits per heavy atom. The Kier molecular flexibility index (Phi) is 3.18. The number of rotatable bonds is 2. The van der Waals surface area contributed by atoms with E-state index in [0.29, 0.717) is 29.8 Å². The third kappa shape index (κ3) is 2.50. The standard InChI is InChI=1S/C14H13N3O3S/c1-14(2,7-15)12(18)17-13-16-8-5-9-10(6-11(8)21-13)20-4-3-19-9/h5-6H,3-4H2,1-2H3,(H,16,17,18). The van der Waals surface area contributed by atoms with E-state index in [1.807, 2.05) is 12.1 Å². The number of fused-ring (bicyclic) bond motifs is 2. The van der Waals surface area contributed by atoms with Gasteiger partial charge < -0.3 is 14.8 Å². The van der Waals surface area contributed by atoms with Crippen molar-refractivity contribution in [2.75, 3.05) is 18.5 Å². The summed E-state index contributed by atoms with van der Waals surface area (Å²) in [5.74, 6) is 0.975. The van der Waals surface area contributed by atoms with Crippen LogP contribution in [0.2, 0.25) is 0 Å². The predicted molar refractivity (Wildman–Crippen MR) is 78.6 cm³/mol. The molecule has 1 aromatic heterocycles. The first-order chi connectivity index (χ1) is 9.99. The Morgan fingerprint density at radius 1 is 1.38 bits per heavy atom. The average Bonchev–Trinajstić information content (AvgIpc) is 2.85. The van der Waals surface area contributed by atoms with Crippen LogP contribution in [0.3, 0.4) is 0 Å². The van der Waals surface area contributed by atoms with Crippen LogP contribution in [0.25, 0.3) is 10.2 Å². The molecule has 0 aliphatic carbocycles. The maximum Gasteiger partial charge on any atom is 0.246 e. The quantitative estimate of drug-likeness (QED) is 0.921. The fraction of sp³-hybridized carbons (Fsp3) is 0.357. The van der Waals surface area contributed by atoms with Gasteiger partial charge >= 0.3 is 0 Å². The number of nitriles is 1. The zero-order chi connectivity index (χ0) is 15.0. The number of nitrogens with zero attached hydrogens (tertiary/aromatic N) is 2. The van der Waals surface area contributed by atoms with E-state index in [9.17, 15) is 4.79 Å². The molecule has 1 N–H and O–H groups in total. The molecular formula is C14H13N3O3S. The number of amides is 1. The molecule has 0 saturated heterocycles. The molecule has 3 rings (SSSR count). The second-order valence-electron chi connectivity index (χ2n) is 5.17. The molecule has 6 nitrogen and oxygen atoms in total. The van der Waals surface area contributed by atoms with Crippen LogP contribution in [0, 0.1) is 16.7 Å². The van der Waals surface area contributed by atoms with Gasteiger partial charge in [0.1, 0.15) is 18.6 Å². The zero-order valence-electron chi connectivity index (χ0n) is 11.6. The van der Waals surface area contributed by atoms with Crippen LogP contribution < -0.4 is 14.8 Å². The van der Waals surface area contributed by atoms with E-state index in [0.717, 1.165) is 10.2 Å². The van der Waals surface area contributed by atoms with Crippen molar-refractivity contribution in [2.24, 2.45) is 5.41 Å². The Labute approximate surface area is 125 Å². The summed E-state index contributed by atoms with van der Waals surface area (Å²) in [5.41, 5.74) is -0.363. The van der Waals surface area contributed by atoms with Crippen LogP contribution in [-0.4, -0.2) is 24.1 Å². The molecule has 2 heterocycles. The molecule has 21 heavy (non-hydrogen) atoms. The molecule has 1 amide bonds. The Balaban J connectivity index is 1.91. The van der Waals surface area contributed by atoms with E-state index in [2.05, 4.69) is 10.3 Å². The van der Waals surface area contributed by atoms with Crippen molar-refractivity contribution in [1.82, 2.24) is 4.98 Å². The molecule has 0 unspecified atom stereocenters. The minimum absolute atomic E-state index is 0.374. The number of aromatic nitrogens is 1. The van der Waals surface area contributed by atoms with Crippen LogP contribution in [0.15, 0.2) is 12.1 Å². The van der Waals surface area contributed by atoms with Crippen LogP contribution >= 0.6 is 11.3 Å². The molecule has 108 valence electrons. The molecule has 0 radical (unpaired) electrons. The Hall–Kier alpha value is -2.33. The summed E-state index contributed by atoms with van der Waals surface area (Å²) in [6, 6.07) is 5.62. The molecule has 1 aromatic carbocycles. The number of nitrogens with one attached hydrogen (secondary N) is 1. The first-order valence-corrected chi connectivity index (χ1v) is 7.24. The van der Waals surface area contributed by atoms with E-state index in [1.165, 1.54) is 11.3 Å². The number of thiazole rings is 1. The molecule has 1 aliphatic heterocycles. The van der Waals surface area contributed by atoms with E-state index < -0.39 is 5.41 Å². The summed E-state index contributed by atoms with van der Waals surface area (Å²) < 4.78 is 11.9. The highest BCUT2D eigenvalue weighted by Gasteiger charge is 2.28. The Bertz CT molecular complexity index is 718. The molecule has 0 spiro atoms. The van der Waals surface area contributed by atoms with Crippen molar-refractivity contribution in [3.63, 3.8) is 0 Å². The lowest BCUT2D eigenvalue weighted by molar-refractivity contribution is -0.121. The molecule has 7 heteroatoms. The summed E-state index contributed by atoms with van der Waals surface area (Å²) >= 11 is 1.34. The summed E-state index contributed by atoms with van der Waals surface area (Å²) in [5, 5.41) is 12.1. The van der Waals surface area contributed by atoms with Crippen LogP contribution in [-0.2, 0) is 4.79 Å². The van der Waals surface area contributed by atoms with Crippen molar-refractivity contribution >= 4 is 32.6 Å². The topological polar surface area (TPSA) is 84.2 Å². The molecule has 2 aromatic rings. The first-order valence-electron chi connectivity index (χ1n) is 6.42. The summed E-state index contributed by atoms with van der Waals surface area (Å²) in [4.78, 5) is 16.3. The number of carbonyl (C=O) groups is 1. The molecule has 0 saturated carbocycles. The normalized spacial score (nSPS) is 13.8. The molecule has 0 atom stereocenters. The number of carbonyl (C=O) groups excluding carboxylic acids is 1. The third-order valence-corrected chi connectivity index (χ3v) is 4.05. The number of hydrogen-bond donors (Lipinski definition) is 1. The van der Waals surface area contributed by atoms with Gasteiger partial charge in [0.05, 0.1) is 16.3 Å². The van der Waals surface area contributed by atoms with Crippen LogP contribution in [0.4, 0.5) is 5.13 Å². The summed E-state index contributed by atoms with van der Waals surface area (Å²) in [6.07, 6.45) is 0. The second kappa shape index (κ2) is 4.90. The maximum atomic E-state index is 12.0. The van der Waals surface area contributed by atoms with E-state index in [-0.39, 0.29) is 5.91 Å². The van der Waals surface area contributed by atoms with Crippen LogP contribution in [0.1, 0.15) is 13.8 Å². The van der Waals surface area contributed by atoms with Gasteiger partial charge in [0, 0.05) is 12.1 Å². The van der Waals surface area contributed by atoms with Crippen molar-refractivity contribution in [2.45, 2.75) is 13.8 Å². The van der Waals surface area contributed by atoms with Crippen molar-refractivity contribution in [1.29, 1.82) is 5.26 Å². The van der Waals surface area contributed by atoms with Crippen molar-refractivity contribution < 1.29 is 14.3 Å².